The first-order valence-electron chi connectivity index (χ1n) is 9.29. The Bertz CT molecular complexity index is 1030. The van der Waals surface area contributed by atoms with Gasteiger partial charge in [-0.1, -0.05) is 42.0 Å². The van der Waals surface area contributed by atoms with Crippen molar-refractivity contribution in [1.82, 2.24) is 4.98 Å². The van der Waals surface area contributed by atoms with E-state index in [4.69, 9.17) is 4.74 Å². The van der Waals surface area contributed by atoms with Crippen LogP contribution in [0.15, 0.2) is 60.8 Å². The van der Waals surface area contributed by atoms with Crippen LogP contribution in [-0.2, 0) is 11.3 Å². The normalized spacial score (nSPS) is 10.4. The zero-order valence-electron chi connectivity index (χ0n) is 16.3. The third-order valence-electron chi connectivity index (χ3n) is 4.37. The number of phenolic OH excluding ortho intramolecular Hbond substituents is 1. The van der Waals surface area contributed by atoms with Crippen LogP contribution in [0.5, 0.6) is 5.75 Å². The third-order valence-corrected chi connectivity index (χ3v) is 4.37. The first kappa shape index (κ1) is 20.1. The topological polar surface area (TPSA) is 88.5 Å². The monoisotopic (exact) mass is 390 g/mol. The molecule has 2 N–H and O–H groups in total. The van der Waals surface area contributed by atoms with Crippen LogP contribution in [0.2, 0.25) is 0 Å². The lowest BCUT2D eigenvalue weighted by Gasteiger charge is -2.12. The van der Waals surface area contributed by atoms with Gasteiger partial charge in [-0.3, -0.25) is 4.79 Å². The van der Waals surface area contributed by atoms with Crippen molar-refractivity contribution < 1.29 is 19.4 Å². The summed E-state index contributed by atoms with van der Waals surface area (Å²) in [6.07, 6.45) is 1.38. The number of rotatable bonds is 7. The van der Waals surface area contributed by atoms with Crippen molar-refractivity contribution >= 4 is 17.6 Å². The fourth-order valence-corrected chi connectivity index (χ4v) is 2.81. The number of benzene rings is 2. The van der Waals surface area contributed by atoms with Crippen LogP contribution in [-0.4, -0.2) is 28.4 Å². The van der Waals surface area contributed by atoms with Gasteiger partial charge in [-0.15, -0.1) is 0 Å². The number of ketones is 1. The Labute approximate surface area is 169 Å². The number of aryl methyl sites for hydroxylation is 1. The van der Waals surface area contributed by atoms with E-state index in [0.717, 1.165) is 11.1 Å². The summed E-state index contributed by atoms with van der Waals surface area (Å²) in [5.74, 6) is -0.792. The van der Waals surface area contributed by atoms with Gasteiger partial charge in [-0.25, -0.2) is 9.78 Å². The standard InChI is InChI=1S/C23H22N2O4/c1-3-29-23(28)19-12-17(21(27)18-6-4-5-7-20(18)26)14-25-22(19)24-13-16-10-8-15(2)9-11-16/h4-12,14,26H,3,13H2,1-2H3,(H,24,25). The fraction of sp³-hybridized carbons (Fsp3) is 0.174. The number of aromatic hydroxyl groups is 1. The van der Waals surface area contributed by atoms with Gasteiger partial charge in [0, 0.05) is 18.3 Å². The van der Waals surface area contributed by atoms with E-state index in [1.54, 1.807) is 19.1 Å². The number of carbonyl (C=O) groups is 2. The van der Waals surface area contributed by atoms with E-state index >= 15 is 0 Å². The number of ether oxygens (including phenoxy) is 1. The van der Waals surface area contributed by atoms with Crippen molar-refractivity contribution in [2.24, 2.45) is 0 Å². The molecule has 6 nitrogen and oxygen atoms in total. The maximum absolute atomic E-state index is 12.7. The van der Waals surface area contributed by atoms with Gasteiger partial charge in [-0.05, 0) is 37.6 Å². The fourth-order valence-electron chi connectivity index (χ4n) is 2.81. The summed E-state index contributed by atoms with van der Waals surface area (Å²) in [7, 11) is 0. The van der Waals surface area contributed by atoms with E-state index in [0.29, 0.717) is 12.4 Å². The van der Waals surface area contributed by atoms with Gasteiger partial charge in [-0.2, -0.15) is 0 Å². The summed E-state index contributed by atoms with van der Waals surface area (Å²) < 4.78 is 5.12. The second kappa shape index (κ2) is 9.01. The number of nitrogens with one attached hydrogen (secondary N) is 1. The molecular weight excluding hydrogens is 368 g/mol. The highest BCUT2D eigenvalue weighted by Gasteiger charge is 2.20. The number of pyridine rings is 1. The molecular formula is C23H22N2O4. The lowest BCUT2D eigenvalue weighted by Crippen LogP contribution is -2.14. The summed E-state index contributed by atoms with van der Waals surface area (Å²) in [6, 6.07) is 15.7. The summed E-state index contributed by atoms with van der Waals surface area (Å²) in [6.45, 7) is 4.39. The highest BCUT2D eigenvalue weighted by molar-refractivity contribution is 6.11. The number of aromatic nitrogens is 1. The third kappa shape index (κ3) is 4.79. The molecule has 2 aromatic carbocycles. The lowest BCUT2D eigenvalue weighted by atomic mass is 10.0. The summed E-state index contributed by atoms with van der Waals surface area (Å²) in [5, 5.41) is 13.1. The molecule has 0 aliphatic carbocycles. The summed E-state index contributed by atoms with van der Waals surface area (Å²) in [5.41, 5.74) is 2.69. The van der Waals surface area contributed by atoms with Crippen molar-refractivity contribution in [1.29, 1.82) is 0 Å². The minimum Gasteiger partial charge on any atom is -0.507 e. The van der Waals surface area contributed by atoms with Gasteiger partial charge in [0.15, 0.2) is 5.78 Å². The molecule has 0 unspecified atom stereocenters. The van der Waals surface area contributed by atoms with Gasteiger partial charge in [0.2, 0.25) is 0 Å². The molecule has 0 aliphatic heterocycles. The SMILES string of the molecule is CCOC(=O)c1cc(C(=O)c2ccccc2O)cnc1NCc1ccc(C)cc1. The minimum atomic E-state index is -0.571. The van der Waals surface area contributed by atoms with E-state index in [9.17, 15) is 14.7 Å². The van der Waals surface area contributed by atoms with E-state index in [1.165, 1.54) is 24.4 Å². The molecule has 0 saturated heterocycles. The minimum absolute atomic E-state index is 0.128. The first-order chi connectivity index (χ1) is 14.0. The highest BCUT2D eigenvalue weighted by Crippen LogP contribution is 2.23. The first-order valence-corrected chi connectivity index (χ1v) is 9.29. The summed E-state index contributed by atoms with van der Waals surface area (Å²) in [4.78, 5) is 29.5. The van der Waals surface area contributed by atoms with Crippen molar-refractivity contribution in [2.75, 3.05) is 11.9 Å². The Kier molecular flexibility index (Phi) is 6.24. The van der Waals surface area contributed by atoms with Crippen LogP contribution in [0, 0.1) is 6.92 Å². The average Bonchev–Trinajstić information content (AvgIpc) is 2.73. The molecule has 6 heteroatoms. The lowest BCUT2D eigenvalue weighted by molar-refractivity contribution is 0.0527. The smallest absolute Gasteiger partial charge is 0.341 e. The van der Waals surface area contributed by atoms with Gasteiger partial charge in [0.25, 0.3) is 0 Å². The molecule has 0 aliphatic rings. The molecule has 0 spiro atoms. The Morgan fingerprint density at radius 2 is 1.79 bits per heavy atom. The number of anilines is 1. The average molecular weight is 390 g/mol. The molecule has 3 rings (SSSR count). The number of carbonyl (C=O) groups excluding carboxylic acids is 2. The quantitative estimate of drug-likeness (QED) is 0.466. The molecule has 0 bridgehead atoms. The van der Waals surface area contributed by atoms with E-state index in [2.05, 4.69) is 10.3 Å². The van der Waals surface area contributed by atoms with Gasteiger partial charge < -0.3 is 15.2 Å². The number of esters is 1. The Morgan fingerprint density at radius 3 is 2.48 bits per heavy atom. The number of hydrogen-bond donors (Lipinski definition) is 2. The van der Waals surface area contributed by atoms with Crippen LogP contribution < -0.4 is 5.32 Å². The molecule has 0 saturated carbocycles. The van der Waals surface area contributed by atoms with Crippen LogP contribution in [0.25, 0.3) is 0 Å². The van der Waals surface area contributed by atoms with E-state index in [1.807, 2.05) is 31.2 Å². The second-order valence-corrected chi connectivity index (χ2v) is 6.53. The molecule has 29 heavy (non-hydrogen) atoms. The zero-order chi connectivity index (χ0) is 20.8. The van der Waals surface area contributed by atoms with Gasteiger partial charge in [0.1, 0.15) is 17.1 Å². The van der Waals surface area contributed by atoms with Crippen molar-refractivity contribution in [3.63, 3.8) is 0 Å². The van der Waals surface area contributed by atoms with Gasteiger partial charge in [0.05, 0.1) is 12.2 Å². The molecule has 0 fully saturated rings. The van der Waals surface area contributed by atoms with Crippen molar-refractivity contribution in [2.45, 2.75) is 20.4 Å². The summed E-state index contributed by atoms with van der Waals surface area (Å²) >= 11 is 0. The van der Waals surface area contributed by atoms with Crippen molar-refractivity contribution in [3.05, 3.63) is 88.6 Å². The predicted molar refractivity (Wildman–Crippen MR) is 110 cm³/mol. The number of phenols is 1. The van der Waals surface area contributed by atoms with Crippen LogP contribution in [0.4, 0.5) is 5.82 Å². The second-order valence-electron chi connectivity index (χ2n) is 6.53. The highest BCUT2D eigenvalue weighted by atomic mass is 16.5. The number of hydrogen-bond acceptors (Lipinski definition) is 6. The van der Waals surface area contributed by atoms with Crippen molar-refractivity contribution in [3.8, 4) is 5.75 Å². The Balaban J connectivity index is 1.90. The van der Waals surface area contributed by atoms with E-state index < -0.39 is 11.8 Å². The maximum atomic E-state index is 12.7. The van der Waals surface area contributed by atoms with Crippen LogP contribution >= 0.6 is 0 Å². The van der Waals surface area contributed by atoms with Gasteiger partial charge >= 0.3 is 5.97 Å². The van der Waals surface area contributed by atoms with Crippen LogP contribution in [0.1, 0.15) is 44.3 Å². The zero-order valence-corrected chi connectivity index (χ0v) is 16.3. The molecule has 0 radical (unpaired) electrons. The molecule has 148 valence electrons. The molecule has 0 amide bonds. The van der Waals surface area contributed by atoms with Crippen LogP contribution in [0.3, 0.4) is 0 Å². The largest absolute Gasteiger partial charge is 0.507 e. The molecule has 3 aromatic rings. The number of nitrogens with zero attached hydrogens (tertiary/aromatic N) is 1. The predicted octanol–water partition coefficient (Wildman–Crippen LogP) is 4.12. The van der Waals surface area contributed by atoms with E-state index in [-0.39, 0.29) is 29.0 Å². The molecule has 0 atom stereocenters. The number of para-hydroxylation sites is 1. The Morgan fingerprint density at radius 1 is 1.07 bits per heavy atom. The molecule has 1 heterocycles. The molecule has 1 aromatic heterocycles. The maximum Gasteiger partial charge on any atom is 0.341 e. The Hall–Kier alpha value is -3.67.